The molecular formula is C17H20N2O4. The second kappa shape index (κ2) is 8.03. The lowest BCUT2D eigenvalue weighted by Crippen LogP contribution is -2.33. The van der Waals surface area contributed by atoms with Crippen molar-refractivity contribution in [2.24, 2.45) is 0 Å². The number of carbonyl (C=O) groups is 1. The average molecular weight is 316 g/mol. The van der Waals surface area contributed by atoms with E-state index >= 15 is 0 Å². The quantitative estimate of drug-likeness (QED) is 0.834. The van der Waals surface area contributed by atoms with Crippen molar-refractivity contribution in [3.63, 3.8) is 0 Å². The average Bonchev–Trinajstić information content (AvgIpc) is 2.57. The van der Waals surface area contributed by atoms with Crippen molar-refractivity contribution in [3.05, 3.63) is 58.5 Å². The minimum absolute atomic E-state index is 0.0291. The van der Waals surface area contributed by atoms with Gasteiger partial charge in [0.05, 0.1) is 14.2 Å². The third-order valence-electron chi connectivity index (χ3n) is 3.41. The molecule has 1 N–H and O–H groups in total. The van der Waals surface area contributed by atoms with Gasteiger partial charge in [-0.05, 0) is 36.2 Å². The highest BCUT2D eigenvalue weighted by Crippen LogP contribution is 2.11. The molecule has 0 bridgehead atoms. The zero-order valence-corrected chi connectivity index (χ0v) is 13.2. The van der Waals surface area contributed by atoms with Gasteiger partial charge in [-0.3, -0.25) is 9.59 Å². The van der Waals surface area contributed by atoms with Crippen LogP contribution in [0.3, 0.4) is 0 Å². The Morgan fingerprint density at radius 2 is 1.87 bits per heavy atom. The van der Waals surface area contributed by atoms with E-state index in [1.54, 1.807) is 25.4 Å². The van der Waals surface area contributed by atoms with Crippen molar-refractivity contribution in [3.8, 4) is 11.5 Å². The first-order valence-corrected chi connectivity index (χ1v) is 7.27. The normalized spacial score (nSPS) is 10.2. The molecule has 6 nitrogen and oxygen atoms in total. The number of rotatable bonds is 7. The first-order chi connectivity index (χ1) is 11.1. The Hall–Kier alpha value is -2.76. The van der Waals surface area contributed by atoms with Gasteiger partial charge in [0.25, 0.3) is 5.56 Å². The summed E-state index contributed by atoms with van der Waals surface area (Å²) in [5.41, 5.74) is 0.782. The van der Waals surface area contributed by atoms with Crippen LogP contribution in [-0.4, -0.2) is 31.2 Å². The molecule has 0 atom stereocenters. The molecule has 2 aromatic rings. The smallest absolute Gasteiger partial charge is 0.293 e. The van der Waals surface area contributed by atoms with Gasteiger partial charge >= 0.3 is 0 Å². The van der Waals surface area contributed by atoms with Crippen LogP contribution in [0.5, 0.6) is 11.5 Å². The zero-order chi connectivity index (χ0) is 16.7. The molecule has 0 saturated carbocycles. The highest BCUT2D eigenvalue weighted by Gasteiger charge is 2.07. The molecule has 0 radical (unpaired) electrons. The van der Waals surface area contributed by atoms with Crippen molar-refractivity contribution in [1.29, 1.82) is 0 Å². The minimum atomic E-state index is -0.319. The van der Waals surface area contributed by atoms with E-state index in [4.69, 9.17) is 9.47 Å². The lowest BCUT2D eigenvalue weighted by atomic mass is 10.1. The van der Waals surface area contributed by atoms with Gasteiger partial charge in [0.1, 0.15) is 12.3 Å². The molecule has 0 unspecified atom stereocenters. The molecule has 1 aromatic heterocycles. The predicted molar refractivity (Wildman–Crippen MR) is 87.0 cm³/mol. The van der Waals surface area contributed by atoms with Gasteiger partial charge in [0.2, 0.25) is 5.91 Å². The Bertz CT molecular complexity index is 707. The Morgan fingerprint density at radius 3 is 2.52 bits per heavy atom. The maximum atomic E-state index is 11.9. The van der Waals surface area contributed by atoms with Gasteiger partial charge in [0.15, 0.2) is 5.75 Å². The SMILES string of the molecule is COc1ccc(CCNC(=O)Cn2cccc(OC)c2=O)cc1. The molecule has 1 amide bonds. The van der Waals surface area contributed by atoms with E-state index in [1.807, 2.05) is 24.3 Å². The first kappa shape index (κ1) is 16.6. The second-order valence-corrected chi connectivity index (χ2v) is 4.96. The van der Waals surface area contributed by atoms with Gasteiger partial charge in [-0.25, -0.2) is 0 Å². The van der Waals surface area contributed by atoms with Crippen LogP contribution in [-0.2, 0) is 17.8 Å². The van der Waals surface area contributed by atoms with Gasteiger partial charge in [-0.2, -0.15) is 0 Å². The van der Waals surface area contributed by atoms with Crippen LogP contribution in [0.2, 0.25) is 0 Å². The summed E-state index contributed by atoms with van der Waals surface area (Å²) in [7, 11) is 3.05. The summed E-state index contributed by atoms with van der Waals surface area (Å²) in [6, 6.07) is 10.9. The number of aromatic nitrogens is 1. The van der Waals surface area contributed by atoms with E-state index in [0.29, 0.717) is 13.0 Å². The highest BCUT2D eigenvalue weighted by molar-refractivity contribution is 5.75. The number of nitrogens with one attached hydrogen (secondary N) is 1. The molecular weight excluding hydrogens is 296 g/mol. The minimum Gasteiger partial charge on any atom is -0.497 e. The van der Waals surface area contributed by atoms with Gasteiger partial charge in [0, 0.05) is 12.7 Å². The molecule has 0 aliphatic heterocycles. The number of methoxy groups -OCH3 is 2. The van der Waals surface area contributed by atoms with Gasteiger partial charge in [-0.15, -0.1) is 0 Å². The summed E-state index contributed by atoms with van der Waals surface area (Å²) in [6.45, 7) is 0.475. The number of ether oxygens (including phenoxy) is 2. The van der Waals surface area contributed by atoms with Crippen LogP contribution in [0.4, 0.5) is 0 Å². The summed E-state index contributed by atoms with van der Waals surface area (Å²) in [5, 5.41) is 2.80. The van der Waals surface area contributed by atoms with Crippen molar-refractivity contribution < 1.29 is 14.3 Å². The summed E-state index contributed by atoms with van der Waals surface area (Å²) in [6.07, 6.45) is 2.27. The monoisotopic (exact) mass is 316 g/mol. The fourth-order valence-corrected chi connectivity index (χ4v) is 2.14. The van der Waals surface area contributed by atoms with Crippen LogP contribution in [0, 0.1) is 0 Å². The van der Waals surface area contributed by atoms with Crippen molar-refractivity contribution >= 4 is 5.91 Å². The second-order valence-electron chi connectivity index (χ2n) is 4.96. The van der Waals surface area contributed by atoms with Crippen molar-refractivity contribution in [2.75, 3.05) is 20.8 Å². The van der Waals surface area contributed by atoms with E-state index in [1.165, 1.54) is 11.7 Å². The topological polar surface area (TPSA) is 69.6 Å². The third-order valence-corrected chi connectivity index (χ3v) is 3.41. The molecule has 23 heavy (non-hydrogen) atoms. The summed E-state index contributed by atoms with van der Waals surface area (Å²) in [5.74, 6) is 0.808. The van der Waals surface area contributed by atoms with E-state index in [2.05, 4.69) is 5.32 Å². The van der Waals surface area contributed by atoms with Crippen LogP contribution in [0.25, 0.3) is 0 Å². The van der Waals surface area contributed by atoms with Crippen molar-refractivity contribution in [1.82, 2.24) is 9.88 Å². The van der Waals surface area contributed by atoms with Crippen LogP contribution < -0.4 is 20.3 Å². The molecule has 2 rings (SSSR count). The molecule has 1 heterocycles. The first-order valence-electron chi connectivity index (χ1n) is 7.27. The standard InChI is InChI=1S/C17H20N2O4/c1-22-14-7-5-13(6-8-14)9-10-18-16(20)12-19-11-3-4-15(23-2)17(19)21/h3-8,11H,9-10,12H2,1-2H3,(H,18,20). The molecule has 0 aliphatic carbocycles. The highest BCUT2D eigenvalue weighted by atomic mass is 16.5. The number of pyridine rings is 1. The Morgan fingerprint density at radius 1 is 1.13 bits per heavy atom. The molecule has 0 saturated heterocycles. The largest absolute Gasteiger partial charge is 0.497 e. The number of carbonyl (C=O) groups excluding carboxylic acids is 1. The van der Waals surface area contributed by atoms with Crippen LogP contribution in [0.1, 0.15) is 5.56 Å². The maximum absolute atomic E-state index is 11.9. The predicted octanol–water partition coefficient (Wildman–Crippen LogP) is 1.22. The number of benzene rings is 1. The number of hydrogen-bond donors (Lipinski definition) is 1. The number of nitrogens with zero attached hydrogens (tertiary/aromatic N) is 1. The van der Waals surface area contributed by atoms with E-state index in [-0.39, 0.29) is 23.8 Å². The van der Waals surface area contributed by atoms with E-state index in [0.717, 1.165) is 11.3 Å². The summed E-state index contributed by atoms with van der Waals surface area (Å²) >= 11 is 0. The molecule has 6 heteroatoms. The van der Waals surface area contributed by atoms with Gasteiger partial charge in [-0.1, -0.05) is 12.1 Å². The van der Waals surface area contributed by atoms with Crippen molar-refractivity contribution in [2.45, 2.75) is 13.0 Å². The molecule has 0 spiro atoms. The fraction of sp³-hybridized carbons (Fsp3) is 0.294. The molecule has 122 valence electrons. The van der Waals surface area contributed by atoms with E-state index < -0.39 is 0 Å². The lowest BCUT2D eigenvalue weighted by molar-refractivity contribution is -0.121. The number of hydrogen-bond acceptors (Lipinski definition) is 4. The summed E-state index contributed by atoms with van der Waals surface area (Å²) < 4.78 is 11.4. The fourth-order valence-electron chi connectivity index (χ4n) is 2.14. The van der Waals surface area contributed by atoms with Crippen LogP contribution in [0.15, 0.2) is 47.4 Å². The van der Waals surface area contributed by atoms with Gasteiger partial charge < -0.3 is 19.4 Å². The van der Waals surface area contributed by atoms with E-state index in [9.17, 15) is 9.59 Å². The summed E-state index contributed by atoms with van der Waals surface area (Å²) in [4.78, 5) is 23.9. The Balaban J connectivity index is 1.84. The number of amides is 1. The lowest BCUT2D eigenvalue weighted by Gasteiger charge is -2.09. The Labute approximate surface area is 134 Å². The molecule has 0 fully saturated rings. The zero-order valence-electron chi connectivity index (χ0n) is 13.2. The Kier molecular flexibility index (Phi) is 5.80. The maximum Gasteiger partial charge on any atom is 0.293 e. The van der Waals surface area contributed by atoms with Crippen LogP contribution >= 0.6 is 0 Å². The third kappa shape index (κ3) is 4.60. The molecule has 0 aliphatic rings. The molecule has 1 aromatic carbocycles.